The molecule has 132 valence electrons. The van der Waals surface area contributed by atoms with Gasteiger partial charge in [-0.15, -0.1) is 0 Å². The van der Waals surface area contributed by atoms with Gasteiger partial charge in [-0.3, -0.25) is 4.79 Å². The third-order valence-corrected chi connectivity index (χ3v) is 4.33. The molecule has 1 amide bonds. The normalized spacial score (nSPS) is 16.5. The van der Waals surface area contributed by atoms with Crippen molar-refractivity contribution in [2.75, 3.05) is 16.8 Å². The molecule has 0 bridgehead atoms. The number of alkyl halides is 2. The van der Waals surface area contributed by atoms with Crippen molar-refractivity contribution in [3.05, 3.63) is 54.1 Å². The number of amides is 1. The van der Waals surface area contributed by atoms with E-state index in [1.54, 1.807) is 23.1 Å². The van der Waals surface area contributed by atoms with E-state index in [0.717, 1.165) is 24.1 Å². The summed E-state index contributed by atoms with van der Waals surface area (Å²) < 4.78 is 29.4. The molecule has 0 saturated carbocycles. The number of hydrogen-bond acceptors (Lipinski definition) is 3. The summed E-state index contributed by atoms with van der Waals surface area (Å²) in [6, 6.07) is 14.3. The number of halogens is 2. The summed E-state index contributed by atoms with van der Waals surface area (Å²) >= 11 is 0. The fourth-order valence-corrected chi connectivity index (χ4v) is 3.14. The van der Waals surface area contributed by atoms with Crippen LogP contribution in [0.3, 0.4) is 0 Å². The van der Waals surface area contributed by atoms with E-state index in [1.165, 1.54) is 6.07 Å². The number of carbonyl (C=O) groups excluding carboxylic acids is 1. The first-order valence-corrected chi connectivity index (χ1v) is 8.24. The van der Waals surface area contributed by atoms with Crippen LogP contribution in [-0.4, -0.2) is 25.1 Å². The fourth-order valence-electron chi connectivity index (χ4n) is 3.14. The largest absolute Gasteiger partial charge is 0.433 e. The summed E-state index contributed by atoms with van der Waals surface area (Å²) in [4.78, 5) is 14.5. The Balaban J connectivity index is 1.73. The van der Waals surface area contributed by atoms with Crippen LogP contribution in [0.5, 0.6) is 5.75 Å². The molecule has 3 rings (SSSR count). The van der Waals surface area contributed by atoms with Gasteiger partial charge in [0.1, 0.15) is 5.75 Å². The maximum Gasteiger partial charge on any atom is 0.387 e. The second-order valence-corrected chi connectivity index (χ2v) is 6.01. The third kappa shape index (κ3) is 3.90. The lowest BCUT2D eigenvalue weighted by Gasteiger charge is -2.35. The molecule has 0 aliphatic carbocycles. The van der Waals surface area contributed by atoms with E-state index in [4.69, 9.17) is 0 Å². The van der Waals surface area contributed by atoms with Gasteiger partial charge in [0.15, 0.2) is 0 Å². The van der Waals surface area contributed by atoms with Gasteiger partial charge in [-0.05, 0) is 43.5 Å². The summed E-state index contributed by atoms with van der Waals surface area (Å²) in [6.07, 6.45) is 1.84. The first kappa shape index (κ1) is 17.2. The van der Waals surface area contributed by atoms with Crippen LogP contribution in [0.4, 0.5) is 20.2 Å². The van der Waals surface area contributed by atoms with E-state index >= 15 is 0 Å². The molecule has 4 nitrogen and oxygen atoms in total. The van der Waals surface area contributed by atoms with E-state index < -0.39 is 6.61 Å². The molecule has 1 aliphatic heterocycles. The van der Waals surface area contributed by atoms with Gasteiger partial charge in [0.2, 0.25) is 5.91 Å². The SMILES string of the molecule is CC1CCc2ccccc2N1C(=O)CNc1ccccc1OC(F)F. The van der Waals surface area contributed by atoms with Gasteiger partial charge in [-0.2, -0.15) is 8.78 Å². The zero-order valence-electron chi connectivity index (χ0n) is 13.9. The van der Waals surface area contributed by atoms with Gasteiger partial charge < -0.3 is 15.0 Å². The lowest BCUT2D eigenvalue weighted by molar-refractivity contribution is -0.117. The maximum atomic E-state index is 12.8. The van der Waals surface area contributed by atoms with E-state index in [0.29, 0.717) is 5.69 Å². The summed E-state index contributed by atoms with van der Waals surface area (Å²) in [7, 11) is 0. The molecule has 0 aromatic heterocycles. The summed E-state index contributed by atoms with van der Waals surface area (Å²) in [5, 5.41) is 2.92. The molecule has 1 aliphatic rings. The Morgan fingerprint density at radius 3 is 2.76 bits per heavy atom. The summed E-state index contributed by atoms with van der Waals surface area (Å²) in [6.45, 7) is -0.892. The molecule has 0 spiro atoms. The smallest absolute Gasteiger partial charge is 0.387 e. The van der Waals surface area contributed by atoms with Crippen molar-refractivity contribution in [1.29, 1.82) is 0 Å². The molecule has 2 aromatic rings. The topological polar surface area (TPSA) is 41.6 Å². The third-order valence-electron chi connectivity index (χ3n) is 4.33. The first-order valence-electron chi connectivity index (χ1n) is 8.24. The Morgan fingerprint density at radius 1 is 1.24 bits per heavy atom. The van der Waals surface area contributed by atoms with Gasteiger partial charge in [-0.25, -0.2) is 0 Å². The van der Waals surface area contributed by atoms with Crippen LogP contribution < -0.4 is 15.0 Å². The highest BCUT2D eigenvalue weighted by Gasteiger charge is 2.27. The highest BCUT2D eigenvalue weighted by molar-refractivity contribution is 5.97. The minimum Gasteiger partial charge on any atom is -0.433 e. The number of carbonyl (C=O) groups is 1. The van der Waals surface area contributed by atoms with E-state index in [1.807, 2.05) is 31.2 Å². The quantitative estimate of drug-likeness (QED) is 0.887. The number of para-hydroxylation sites is 3. The van der Waals surface area contributed by atoms with Crippen LogP contribution in [0.15, 0.2) is 48.5 Å². The minimum atomic E-state index is -2.91. The average Bonchev–Trinajstić information content (AvgIpc) is 2.60. The Hall–Kier alpha value is -2.63. The van der Waals surface area contributed by atoms with Crippen LogP contribution >= 0.6 is 0 Å². The molecular weight excluding hydrogens is 326 g/mol. The van der Waals surface area contributed by atoms with Crippen LogP contribution in [0.1, 0.15) is 18.9 Å². The molecular formula is C19H20F2N2O2. The van der Waals surface area contributed by atoms with Crippen LogP contribution in [0.2, 0.25) is 0 Å². The second kappa shape index (κ2) is 7.51. The summed E-state index contributed by atoms with van der Waals surface area (Å²) in [5.74, 6) is -0.0797. The molecule has 25 heavy (non-hydrogen) atoms. The molecule has 6 heteroatoms. The van der Waals surface area contributed by atoms with E-state index in [2.05, 4.69) is 10.1 Å². The Kier molecular flexibility index (Phi) is 5.16. The highest BCUT2D eigenvalue weighted by Crippen LogP contribution is 2.31. The number of benzene rings is 2. The molecule has 1 N–H and O–H groups in total. The number of anilines is 2. The zero-order valence-corrected chi connectivity index (χ0v) is 13.9. The maximum absolute atomic E-state index is 12.8. The Bertz CT molecular complexity index is 752. The molecule has 1 unspecified atom stereocenters. The van der Waals surface area contributed by atoms with Gasteiger partial charge in [0, 0.05) is 11.7 Å². The van der Waals surface area contributed by atoms with Gasteiger partial charge in [-0.1, -0.05) is 30.3 Å². The number of nitrogens with one attached hydrogen (secondary N) is 1. The predicted molar refractivity (Wildman–Crippen MR) is 93.3 cm³/mol. The number of ether oxygens (including phenoxy) is 1. The number of hydrogen-bond donors (Lipinski definition) is 1. The van der Waals surface area contributed by atoms with Crippen molar-refractivity contribution < 1.29 is 18.3 Å². The molecule has 0 radical (unpaired) electrons. The number of aryl methyl sites for hydroxylation is 1. The Morgan fingerprint density at radius 2 is 1.96 bits per heavy atom. The minimum absolute atomic E-state index is 0.00227. The van der Waals surface area contributed by atoms with E-state index in [9.17, 15) is 13.6 Å². The van der Waals surface area contributed by atoms with Crippen LogP contribution in [-0.2, 0) is 11.2 Å². The van der Waals surface area contributed by atoms with Gasteiger partial charge in [0.05, 0.1) is 12.2 Å². The van der Waals surface area contributed by atoms with Crippen molar-refractivity contribution in [2.45, 2.75) is 32.4 Å². The van der Waals surface area contributed by atoms with Crippen molar-refractivity contribution in [1.82, 2.24) is 0 Å². The van der Waals surface area contributed by atoms with Crippen molar-refractivity contribution >= 4 is 17.3 Å². The lowest BCUT2D eigenvalue weighted by Crippen LogP contribution is -2.44. The standard InChI is InChI=1S/C19H20F2N2O2/c1-13-10-11-14-6-2-4-8-16(14)23(13)18(24)12-22-15-7-3-5-9-17(15)25-19(20)21/h2-9,13,19,22H,10-12H2,1H3. The lowest BCUT2D eigenvalue weighted by atomic mass is 9.96. The van der Waals surface area contributed by atoms with Crippen LogP contribution in [0, 0.1) is 0 Å². The second-order valence-electron chi connectivity index (χ2n) is 6.01. The van der Waals surface area contributed by atoms with Crippen molar-refractivity contribution in [2.24, 2.45) is 0 Å². The van der Waals surface area contributed by atoms with Gasteiger partial charge >= 0.3 is 6.61 Å². The summed E-state index contributed by atoms with van der Waals surface area (Å²) in [5.41, 5.74) is 2.44. The number of rotatable bonds is 5. The molecule has 0 fully saturated rings. The van der Waals surface area contributed by atoms with Crippen molar-refractivity contribution in [3.63, 3.8) is 0 Å². The molecule has 1 atom stereocenters. The Labute approximate surface area is 145 Å². The highest BCUT2D eigenvalue weighted by atomic mass is 19.3. The van der Waals surface area contributed by atoms with E-state index in [-0.39, 0.29) is 24.2 Å². The van der Waals surface area contributed by atoms with Gasteiger partial charge in [0.25, 0.3) is 0 Å². The monoisotopic (exact) mass is 346 g/mol. The molecule has 1 heterocycles. The van der Waals surface area contributed by atoms with Crippen LogP contribution in [0.25, 0.3) is 0 Å². The number of nitrogens with zero attached hydrogens (tertiary/aromatic N) is 1. The average molecular weight is 346 g/mol. The fraction of sp³-hybridized carbons (Fsp3) is 0.316. The predicted octanol–water partition coefficient (Wildman–Crippen LogP) is 4.07. The van der Waals surface area contributed by atoms with Crippen molar-refractivity contribution in [3.8, 4) is 5.75 Å². The zero-order chi connectivity index (χ0) is 17.8. The molecule has 0 saturated heterocycles. The molecule has 2 aromatic carbocycles. The first-order chi connectivity index (χ1) is 12.1. The number of fused-ring (bicyclic) bond motifs is 1.